The third-order valence-corrected chi connectivity index (χ3v) is 3.95. The van der Waals surface area contributed by atoms with Crippen LogP contribution in [0.5, 0.6) is 0 Å². The lowest BCUT2D eigenvalue weighted by Gasteiger charge is -2.24. The van der Waals surface area contributed by atoms with E-state index < -0.39 is 17.9 Å². The molecule has 0 aromatic rings. The fraction of sp³-hybridized carbons (Fsp3) is 0.750. The van der Waals surface area contributed by atoms with Crippen molar-refractivity contribution in [2.75, 3.05) is 6.54 Å². The lowest BCUT2D eigenvalue weighted by Crippen LogP contribution is -2.50. The molecule has 7 heteroatoms. The van der Waals surface area contributed by atoms with Crippen molar-refractivity contribution in [2.24, 2.45) is 11.7 Å². The third-order valence-electron chi connectivity index (χ3n) is 3.95. The molecule has 2 rings (SSSR count). The molecule has 3 amide bonds. The quantitative estimate of drug-likeness (QED) is 0.664. The fourth-order valence-corrected chi connectivity index (χ4v) is 2.90. The Hall–Kier alpha value is -1.79. The monoisotopic (exact) mass is 269 g/mol. The molecule has 0 bridgehead atoms. The van der Waals surface area contributed by atoms with Gasteiger partial charge in [-0.25, -0.2) is 4.79 Å². The van der Waals surface area contributed by atoms with Crippen LogP contribution in [-0.4, -0.2) is 46.5 Å². The molecule has 0 spiro atoms. The van der Waals surface area contributed by atoms with Crippen molar-refractivity contribution >= 4 is 17.9 Å². The molecule has 1 aliphatic heterocycles. The minimum Gasteiger partial charge on any atom is -0.481 e. The fourth-order valence-electron chi connectivity index (χ4n) is 2.90. The zero-order valence-corrected chi connectivity index (χ0v) is 10.7. The van der Waals surface area contributed by atoms with E-state index in [9.17, 15) is 14.4 Å². The molecule has 0 aromatic carbocycles. The van der Waals surface area contributed by atoms with E-state index in [0.717, 1.165) is 6.42 Å². The van der Waals surface area contributed by atoms with Crippen LogP contribution in [0.25, 0.3) is 0 Å². The Morgan fingerprint density at radius 2 is 1.95 bits per heavy atom. The van der Waals surface area contributed by atoms with Gasteiger partial charge in [0.2, 0.25) is 5.91 Å². The number of carboxylic acids is 1. The van der Waals surface area contributed by atoms with Crippen molar-refractivity contribution < 1.29 is 19.5 Å². The van der Waals surface area contributed by atoms with Crippen molar-refractivity contribution in [1.29, 1.82) is 0 Å². The average molecular weight is 269 g/mol. The Bertz CT molecular complexity index is 398. The van der Waals surface area contributed by atoms with Gasteiger partial charge in [0, 0.05) is 12.6 Å². The van der Waals surface area contributed by atoms with Crippen LogP contribution in [0.1, 0.15) is 32.1 Å². The van der Waals surface area contributed by atoms with E-state index in [1.165, 1.54) is 4.90 Å². The van der Waals surface area contributed by atoms with E-state index in [-0.39, 0.29) is 18.0 Å². The van der Waals surface area contributed by atoms with E-state index in [1.54, 1.807) is 0 Å². The van der Waals surface area contributed by atoms with Gasteiger partial charge < -0.3 is 21.1 Å². The highest BCUT2D eigenvalue weighted by molar-refractivity contribution is 5.86. The van der Waals surface area contributed by atoms with Gasteiger partial charge in [-0.05, 0) is 32.1 Å². The highest BCUT2D eigenvalue weighted by atomic mass is 16.4. The van der Waals surface area contributed by atoms with Gasteiger partial charge in [-0.15, -0.1) is 0 Å². The maximum Gasteiger partial charge on any atom is 0.318 e. The van der Waals surface area contributed by atoms with Crippen molar-refractivity contribution in [3.63, 3.8) is 0 Å². The molecule has 1 aliphatic carbocycles. The summed E-state index contributed by atoms with van der Waals surface area (Å²) in [6, 6.07) is -0.961. The number of hydrogen-bond acceptors (Lipinski definition) is 3. The molecule has 19 heavy (non-hydrogen) atoms. The van der Waals surface area contributed by atoms with Gasteiger partial charge in [0.1, 0.15) is 6.04 Å². The number of amides is 3. The first-order valence-corrected chi connectivity index (χ1v) is 6.58. The van der Waals surface area contributed by atoms with E-state index in [0.29, 0.717) is 32.2 Å². The maximum absolute atomic E-state index is 12.1. The second-order valence-electron chi connectivity index (χ2n) is 5.25. The highest BCUT2D eigenvalue weighted by Gasteiger charge is 2.36. The van der Waals surface area contributed by atoms with Gasteiger partial charge in [0.25, 0.3) is 0 Å². The van der Waals surface area contributed by atoms with Gasteiger partial charge in [0.05, 0.1) is 5.92 Å². The van der Waals surface area contributed by atoms with Crippen LogP contribution in [0.15, 0.2) is 0 Å². The summed E-state index contributed by atoms with van der Waals surface area (Å²) < 4.78 is 0. The van der Waals surface area contributed by atoms with E-state index >= 15 is 0 Å². The van der Waals surface area contributed by atoms with Gasteiger partial charge in [-0.2, -0.15) is 0 Å². The second kappa shape index (κ2) is 5.46. The first-order valence-electron chi connectivity index (χ1n) is 6.58. The Morgan fingerprint density at radius 3 is 2.53 bits per heavy atom. The van der Waals surface area contributed by atoms with Crippen molar-refractivity contribution in [2.45, 2.75) is 44.2 Å². The Balaban J connectivity index is 1.88. The van der Waals surface area contributed by atoms with Gasteiger partial charge in [-0.1, -0.05) is 0 Å². The predicted octanol–water partition coefficient (Wildman–Crippen LogP) is -0.101. The molecule has 0 aromatic heterocycles. The van der Waals surface area contributed by atoms with Gasteiger partial charge in [0.15, 0.2) is 0 Å². The Kier molecular flexibility index (Phi) is 3.92. The lowest BCUT2D eigenvalue weighted by atomic mass is 10.1. The lowest BCUT2D eigenvalue weighted by molar-refractivity contribution is -0.141. The predicted molar refractivity (Wildman–Crippen MR) is 66.2 cm³/mol. The van der Waals surface area contributed by atoms with E-state index in [1.807, 2.05) is 0 Å². The van der Waals surface area contributed by atoms with Gasteiger partial charge >= 0.3 is 12.0 Å². The zero-order chi connectivity index (χ0) is 14.0. The summed E-state index contributed by atoms with van der Waals surface area (Å²) in [5, 5.41) is 11.7. The van der Waals surface area contributed by atoms with Gasteiger partial charge in [-0.3, -0.25) is 9.59 Å². The van der Waals surface area contributed by atoms with Crippen LogP contribution in [0.4, 0.5) is 4.79 Å². The molecule has 0 radical (unpaired) electrons. The van der Waals surface area contributed by atoms with Crippen LogP contribution < -0.4 is 11.1 Å². The van der Waals surface area contributed by atoms with E-state index in [4.69, 9.17) is 10.8 Å². The Labute approximate surface area is 111 Å². The first kappa shape index (κ1) is 13.6. The van der Waals surface area contributed by atoms with E-state index in [2.05, 4.69) is 5.32 Å². The minimum atomic E-state index is -0.812. The summed E-state index contributed by atoms with van der Waals surface area (Å²) in [7, 11) is 0. The van der Waals surface area contributed by atoms with Crippen LogP contribution in [0.3, 0.4) is 0 Å². The summed E-state index contributed by atoms with van der Waals surface area (Å²) in [5.41, 5.74) is 5.26. The first-order chi connectivity index (χ1) is 8.99. The number of hydrogen-bond donors (Lipinski definition) is 3. The topological polar surface area (TPSA) is 113 Å². The molecule has 1 saturated heterocycles. The standard InChI is InChI=1S/C12H19N3O4/c13-10(16)9-2-1-5-15(9)12(19)14-8-4-3-7(6-8)11(17)18/h7-9H,1-6H2,(H2,13,16)(H,14,19)(H,17,18). The molecule has 2 fully saturated rings. The average Bonchev–Trinajstić information content (AvgIpc) is 2.96. The van der Waals surface area contributed by atoms with Crippen molar-refractivity contribution in [3.8, 4) is 0 Å². The molecule has 4 N–H and O–H groups in total. The van der Waals surface area contributed by atoms with Crippen LogP contribution >= 0.6 is 0 Å². The summed E-state index contributed by atoms with van der Waals surface area (Å²) in [6.45, 7) is 0.522. The van der Waals surface area contributed by atoms with Crippen LogP contribution in [0, 0.1) is 5.92 Å². The third kappa shape index (κ3) is 2.97. The number of aliphatic carboxylic acids is 1. The SMILES string of the molecule is NC(=O)C1CCCN1C(=O)NC1CCC(C(=O)O)C1. The number of nitrogens with one attached hydrogen (secondary N) is 1. The number of nitrogens with two attached hydrogens (primary N) is 1. The molecule has 106 valence electrons. The summed E-state index contributed by atoms with van der Waals surface area (Å²) in [6.07, 6.45) is 3.07. The largest absolute Gasteiger partial charge is 0.481 e. The number of urea groups is 1. The van der Waals surface area contributed by atoms with Crippen molar-refractivity contribution in [3.05, 3.63) is 0 Å². The molecule has 1 saturated carbocycles. The second-order valence-corrected chi connectivity index (χ2v) is 5.25. The molecule has 7 nitrogen and oxygen atoms in total. The number of carbonyl (C=O) groups is 3. The molecule has 2 aliphatic rings. The number of primary amides is 1. The zero-order valence-electron chi connectivity index (χ0n) is 10.7. The summed E-state index contributed by atoms with van der Waals surface area (Å²) >= 11 is 0. The molecule has 3 atom stereocenters. The maximum atomic E-state index is 12.1. The number of carboxylic acid groups (broad SMARTS) is 1. The number of likely N-dealkylation sites (tertiary alicyclic amines) is 1. The molecule has 1 heterocycles. The molecule has 3 unspecified atom stereocenters. The Morgan fingerprint density at radius 1 is 1.21 bits per heavy atom. The van der Waals surface area contributed by atoms with Crippen molar-refractivity contribution in [1.82, 2.24) is 10.2 Å². The van der Waals surface area contributed by atoms with Crippen LogP contribution in [0.2, 0.25) is 0 Å². The number of nitrogens with zero attached hydrogens (tertiary/aromatic N) is 1. The highest BCUT2D eigenvalue weighted by Crippen LogP contribution is 2.26. The summed E-state index contributed by atoms with van der Waals surface area (Å²) in [5.74, 6) is -1.67. The molecular formula is C12H19N3O4. The van der Waals surface area contributed by atoms with Crippen LogP contribution in [-0.2, 0) is 9.59 Å². The smallest absolute Gasteiger partial charge is 0.318 e. The summed E-state index contributed by atoms with van der Waals surface area (Å²) in [4.78, 5) is 35.6. The number of rotatable bonds is 3. The normalized spacial score (nSPS) is 30.3. The molecular weight excluding hydrogens is 250 g/mol. The number of carbonyl (C=O) groups excluding carboxylic acids is 2. The minimum absolute atomic E-state index is 0.122.